The van der Waals surface area contributed by atoms with Crippen molar-refractivity contribution in [1.29, 1.82) is 0 Å². The molecule has 19 heavy (non-hydrogen) atoms. The maximum atomic E-state index is 10.8. The molecule has 0 aromatic heterocycles. The number of ether oxygens (including phenoxy) is 2. The molecule has 2 rings (SSSR count). The van der Waals surface area contributed by atoms with Crippen molar-refractivity contribution in [2.75, 3.05) is 26.9 Å². The summed E-state index contributed by atoms with van der Waals surface area (Å²) in [5, 5.41) is 14.1. The van der Waals surface area contributed by atoms with Crippen LogP contribution in [0.25, 0.3) is 0 Å². The Labute approximate surface area is 111 Å². The second-order valence-corrected chi connectivity index (χ2v) is 5.16. The van der Waals surface area contributed by atoms with Gasteiger partial charge in [-0.15, -0.1) is 0 Å². The van der Waals surface area contributed by atoms with Crippen LogP contribution in [0.5, 0.6) is 5.75 Å². The van der Waals surface area contributed by atoms with Crippen molar-refractivity contribution in [2.24, 2.45) is 5.41 Å². The van der Waals surface area contributed by atoms with Crippen LogP contribution in [-0.2, 0) is 11.3 Å². The van der Waals surface area contributed by atoms with Gasteiger partial charge in [-0.1, -0.05) is 6.92 Å². The molecule has 6 nitrogen and oxygen atoms in total. The Hall–Kier alpha value is -1.66. The highest BCUT2D eigenvalue weighted by molar-refractivity contribution is 5.43. The number of hydrogen-bond acceptors (Lipinski definition) is 5. The Morgan fingerprint density at radius 3 is 2.79 bits per heavy atom. The SMILES string of the molecule is COc1ccc([N+](=O)[O-])cc1CNCC1(C)COC1. The Balaban J connectivity index is 2.00. The van der Waals surface area contributed by atoms with Gasteiger partial charge in [0.1, 0.15) is 5.75 Å². The number of nitrogens with one attached hydrogen (secondary N) is 1. The smallest absolute Gasteiger partial charge is 0.270 e. The highest BCUT2D eigenvalue weighted by Gasteiger charge is 2.32. The van der Waals surface area contributed by atoms with E-state index in [1.54, 1.807) is 19.2 Å². The minimum atomic E-state index is -0.399. The van der Waals surface area contributed by atoms with Crippen LogP contribution in [0.2, 0.25) is 0 Å². The topological polar surface area (TPSA) is 73.6 Å². The van der Waals surface area contributed by atoms with Crippen LogP contribution in [0.15, 0.2) is 18.2 Å². The lowest BCUT2D eigenvalue weighted by molar-refractivity contribution is -0.384. The third kappa shape index (κ3) is 3.21. The number of nitro benzene ring substituents is 1. The van der Waals surface area contributed by atoms with E-state index in [9.17, 15) is 10.1 Å². The van der Waals surface area contributed by atoms with Gasteiger partial charge in [0.05, 0.1) is 25.2 Å². The molecular weight excluding hydrogens is 248 g/mol. The van der Waals surface area contributed by atoms with E-state index < -0.39 is 4.92 Å². The Kier molecular flexibility index (Phi) is 4.01. The number of methoxy groups -OCH3 is 1. The highest BCUT2D eigenvalue weighted by Crippen LogP contribution is 2.27. The standard InChI is InChI=1S/C13H18N2O4/c1-13(8-19-9-13)7-14-6-10-5-11(15(16)17)3-4-12(10)18-2/h3-5,14H,6-9H2,1-2H3. The fraction of sp³-hybridized carbons (Fsp3) is 0.538. The summed E-state index contributed by atoms with van der Waals surface area (Å²) in [4.78, 5) is 10.4. The summed E-state index contributed by atoms with van der Waals surface area (Å²) in [6.07, 6.45) is 0. The van der Waals surface area contributed by atoms with Crippen LogP contribution in [-0.4, -0.2) is 31.8 Å². The van der Waals surface area contributed by atoms with E-state index in [0.717, 1.165) is 25.3 Å². The summed E-state index contributed by atoms with van der Waals surface area (Å²) >= 11 is 0. The third-order valence-corrected chi connectivity index (χ3v) is 3.24. The fourth-order valence-corrected chi connectivity index (χ4v) is 2.07. The maximum absolute atomic E-state index is 10.8. The van der Waals surface area contributed by atoms with Gasteiger partial charge in [0.2, 0.25) is 0 Å². The van der Waals surface area contributed by atoms with Gasteiger partial charge in [0.15, 0.2) is 0 Å². The van der Waals surface area contributed by atoms with Crippen molar-refractivity contribution in [3.8, 4) is 5.75 Å². The minimum absolute atomic E-state index is 0.0794. The molecule has 0 spiro atoms. The largest absolute Gasteiger partial charge is 0.496 e. The van der Waals surface area contributed by atoms with Gasteiger partial charge in [-0.25, -0.2) is 0 Å². The van der Waals surface area contributed by atoms with E-state index in [1.807, 2.05) is 0 Å². The third-order valence-electron chi connectivity index (χ3n) is 3.24. The molecule has 104 valence electrons. The number of hydrogen-bond donors (Lipinski definition) is 1. The van der Waals surface area contributed by atoms with Crippen molar-refractivity contribution in [3.63, 3.8) is 0 Å². The summed E-state index contributed by atoms with van der Waals surface area (Å²) in [7, 11) is 1.56. The molecule has 1 saturated heterocycles. The Morgan fingerprint density at radius 2 is 2.26 bits per heavy atom. The first-order valence-corrected chi connectivity index (χ1v) is 6.14. The highest BCUT2D eigenvalue weighted by atomic mass is 16.6. The van der Waals surface area contributed by atoms with E-state index in [4.69, 9.17) is 9.47 Å². The molecule has 0 aliphatic carbocycles. The predicted octanol–water partition coefficient (Wildman–Crippen LogP) is 1.73. The molecule has 0 amide bonds. The molecule has 0 radical (unpaired) electrons. The van der Waals surface area contributed by atoms with Crippen LogP contribution in [0, 0.1) is 15.5 Å². The van der Waals surface area contributed by atoms with Gasteiger partial charge in [-0.3, -0.25) is 10.1 Å². The van der Waals surface area contributed by atoms with E-state index in [1.165, 1.54) is 6.07 Å². The predicted molar refractivity (Wildman–Crippen MR) is 70.3 cm³/mol. The van der Waals surface area contributed by atoms with Crippen molar-refractivity contribution < 1.29 is 14.4 Å². The monoisotopic (exact) mass is 266 g/mol. The minimum Gasteiger partial charge on any atom is -0.496 e. The summed E-state index contributed by atoms with van der Waals surface area (Å²) in [5.74, 6) is 0.660. The first-order chi connectivity index (χ1) is 9.04. The van der Waals surface area contributed by atoms with E-state index in [-0.39, 0.29) is 11.1 Å². The number of non-ortho nitro benzene ring substituents is 1. The Bertz CT molecular complexity index is 472. The van der Waals surface area contributed by atoms with Gasteiger partial charge < -0.3 is 14.8 Å². The van der Waals surface area contributed by atoms with Crippen molar-refractivity contribution in [3.05, 3.63) is 33.9 Å². The van der Waals surface area contributed by atoms with Gasteiger partial charge in [0.25, 0.3) is 5.69 Å². The van der Waals surface area contributed by atoms with Crippen LogP contribution in [0.1, 0.15) is 12.5 Å². The van der Waals surface area contributed by atoms with E-state index in [0.29, 0.717) is 12.3 Å². The molecule has 1 aliphatic heterocycles. The van der Waals surface area contributed by atoms with Crippen LogP contribution < -0.4 is 10.1 Å². The molecule has 0 unspecified atom stereocenters. The van der Waals surface area contributed by atoms with Crippen LogP contribution >= 0.6 is 0 Å². The van der Waals surface area contributed by atoms with Crippen molar-refractivity contribution in [2.45, 2.75) is 13.5 Å². The van der Waals surface area contributed by atoms with E-state index >= 15 is 0 Å². The average molecular weight is 266 g/mol. The molecule has 1 aromatic rings. The molecule has 6 heteroatoms. The second kappa shape index (κ2) is 5.54. The zero-order valence-electron chi connectivity index (χ0n) is 11.1. The normalized spacial score (nSPS) is 16.7. The zero-order valence-corrected chi connectivity index (χ0v) is 11.1. The molecule has 1 fully saturated rings. The molecule has 0 atom stereocenters. The van der Waals surface area contributed by atoms with Gasteiger partial charge in [0, 0.05) is 36.2 Å². The first-order valence-electron chi connectivity index (χ1n) is 6.14. The lowest BCUT2D eigenvalue weighted by Gasteiger charge is -2.38. The average Bonchev–Trinajstić information content (AvgIpc) is 2.36. The second-order valence-electron chi connectivity index (χ2n) is 5.16. The van der Waals surface area contributed by atoms with Crippen molar-refractivity contribution >= 4 is 5.69 Å². The molecule has 0 saturated carbocycles. The summed E-state index contributed by atoms with van der Waals surface area (Å²) in [6, 6.07) is 4.62. The van der Waals surface area contributed by atoms with Gasteiger partial charge in [-0.05, 0) is 6.07 Å². The Morgan fingerprint density at radius 1 is 1.53 bits per heavy atom. The molecule has 1 aliphatic rings. The molecule has 1 N–H and O–H groups in total. The summed E-state index contributed by atoms with van der Waals surface area (Å²) in [6.45, 7) is 5.02. The number of benzene rings is 1. The number of nitro groups is 1. The number of rotatable bonds is 6. The van der Waals surface area contributed by atoms with E-state index in [2.05, 4.69) is 12.2 Å². The fourth-order valence-electron chi connectivity index (χ4n) is 2.07. The summed E-state index contributed by atoms with van der Waals surface area (Å²) in [5.41, 5.74) is 1.05. The van der Waals surface area contributed by atoms with Gasteiger partial charge in [-0.2, -0.15) is 0 Å². The van der Waals surface area contributed by atoms with Crippen LogP contribution in [0.3, 0.4) is 0 Å². The zero-order chi connectivity index (χ0) is 13.9. The lowest BCUT2D eigenvalue weighted by atomic mass is 9.89. The molecule has 0 bridgehead atoms. The quantitative estimate of drug-likeness (QED) is 0.627. The summed E-state index contributed by atoms with van der Waals surface area (Å²) < 4.78 is 10.4. The van der Waals surface area contributed by atoms with Crippen molar-refractivity contribution in [1.82, 2.24) is 5.32 Å². The first kappa shape index (κ1) is 13.8. The maximum Gasteiger partial charge on any atom is 0.270 e. The lowest BCUT2D eigenvalue weighted by Crippen LogP contribution is -2.47. The number of nitrogens with zero attached hydrogens (tertiary/aromatic N) is 1. The molecular formula is C13H18N2O4. The molecule has 1 heterocycles. The van der Waals surface area contributed by atoms with Gasteiger partial charge >= 0.3 is 0 Å². The van der Waals surface area contributed by atoms with Crippen LogP contribution in [0.4, 0.5) is 5.69 Å². The molecule has 1 aromatic carbocycles.